The van der Waals surface area contributed by atoms with Crippen LogP contribution < -0.4 is 10.2 Å². The highest BCUT2D eigenvalue weighted by Crippen LogP contribution is 2.20. The summed E-state index contributed by atoms with van der Waals surface area (Å²) in [6, 6.07) is 16.2. The molecule has 2 aromatic carbocycles. The number of nitrogens with one attached hydrogen (secondary N) is 1. The van der Waals surface area contributed by atoms with Crippen molar-refractivity contribution >= 4 is 40.6 Å². The number of halogens is 1. The molecule has 0 aromatic heterocycles. The van der Waals surface area contributed by atoms with Gasteiger partial charge in [0.1, 0.15) is 0 Å². The van der Waals surface area contributed by atoms with Crippen molar-refractivity contribution in [1.29, 1.82) is 0 Å². The first-order chi connectivity index (χ1) is 14.7. The molecule has 0 saturated carbocycles. The molecule has 0 unspecified atom stereocenters. The van der Waals surface area contributed by atoms with Crippen LogP contribution in [0.15, 0.2) is 48.5 Å². The van der Waals surface area contributed by atoms with Gasteiger partial charge in [-0.15, -0.1) is 0 Å². The topological polar surface area (TPSA) is 38.8 Å². The third-order valence-corrected chi connectivity index (χ3v) is 6.85. The number of hydrogen-bond acceptors (Lipinski definition) is 5. The number of carbonyl (C=O) groups is 1. The maximum atomic E-state index is 12.6. The SMILES string of the molecule is O=C(CN1CCN(c2ccc(Cl)cc2)CC1)Nc1cccc(CN2CCSCC2)c1. The molecule has 2 aromatic rings. The average Bonchev–Trinajstić information content (AvgIpc) is 2.76. The normalized spacial score (nSPS) is 18.4. The first-order valence-corrected chi connectivity index (χ1v) is 12.1. The molecule has 2 heterocycles. The third-order valence-electron chi connectivity index (χ3n) is 5.65. The molecule has 4 rings (SSSR count). The Bertz CT molecular complexity index is 833. The standard InChI is InChI=1S/C23H29ClN4OS/c24-20-4-6-22(7-5-20)28-10-8-26(9-11-28)18-23(29)25-21-3-1-2-19(16-21)17-27-12-14-30-15-13-27/h1-7,16H,8-15,17-18H2,(H,25,29). The van der Waals surface area contributed by atoms with Gasteiger partial charge in [0, 0.05) is 73.7 Å². The summed E-state index contributed by atoms with van der Waals surface area (Å²) in [6.45, 7) is 7.26. The lowest BCUT2D eigenvalue weighted by atomic mass is 10.2. The second kappa shape index (κ2) is 10.5. The van der Waals surface area contributed by atoms with E-state index in [1.165, 1.54) is 22.8 Å². The van der Waals surface area contributed by atoms with Gasteiger partial charge in [0.2, 0.25) is 5.91 Å². The van der Waals surface area contributed by atoms with E-state index in [1.807, 2.05) is 36.0 Å². The van der Waals surface area contributed by atoms with Gasteiger partial charge < -0.3 is 10.2 Å². The van der Waals surface area contributed by atoms with E-state index in [0.717, 1.165) is 56.5 Å². The predicted octanol–water partition coefficient (Wildman–Crippen LogP) is 3.65. The fraction of sp³-hybridized carbons (Fsp3) is 0.435. The summed E-state index contributed by atoms with van der Waals surface area (Å²) >= 11 is 8.01. The zero-order valence-corrected chi connectivity index (χ0v) is 18.8. The number of hydrogen-bond donors (Lipinski definition) is 1. The van der Waals surface area contributed by atoms with E-state index in [0.29, 0.717) is 6.54 Å². The molecule has 0 bridgehead atoms. The van der Waals surface area contributed by atoms with E-state index >= 15 is 0 Å². The number of amides is 1. The predicted molar refractivity (Wildman–Crippen MR) is 128 cm³/mol. The molecular formula is C23H29ClN4OS. The zero-order chi connectivity index (χ0) is 20.8. The number of thioether (sulfide) groups is 1. The van der Waals surface area contributed by atoms with E-state index < -0.39 is 0 Å². The smallest absolute Gasteiger partial charge is 0.238 e. The summed E-state index contributed by atoms with van der Waals surface area (Å²) in [5.74, 6) is 2.48. The molecule has 160 valence electrons. The number of rotatable bonds is 6. The molecule has 0 aliphatic carbocycles. The van der Waals surface area contributed by atoms with Crippen molar-refractivity contribution in [1.82, 2.24) is 9.80 Å². The largest absolute Gasteiger partial charge is 0.369 e. The maximum absolute atomic E-state index is 12.6. The Balaban J connectivity index is 1.24. The van der Waals surface area contributed by atoms with Crippen molar-refractivity contribution in [3.05, 3.63) is 59.1 Å². The molecule has 0 atom stereocenters. The van der Waals surface area contributed by atoms with Crippen molar-refractivity contribution < 1.29 is 4.79 Å². The van der Waals surface area contributed by atoms with Gasteiger partial charge in [-0.25, -0.2) is 0 Å². The number of benzene rings is 2. The summed E-state index contributed by atoms with van der Waals surface area (Å²) in [4.78, 5) is 19.6. The first kappa shape index (κ1) is 21.5. The summed E-state index contributed by atoms with van der Waals surface area (Å²) in [6.07, 6.45) is 0. The molecular weight excluding hydrogens is 416 g/mol. The highest BCUT2D eigenvalue weighted by Gasteiger charge is 2.19. The molecule has 2 aliphatic rings. The van der Waals surface area contributed by atoms with Gasteiger partial charge in [-0.05, 0) is 42.0 Å². The van der Waals surface area contributed by atoms with Crippen LogP contribution in [0.5, 0.6) is 0 Å². The average molecular weight is 445 g/mol. The van der Waals surface area contributed by atoms with Gasteiger partial charge in [-0.1, -0.05) is 23.7 Å². The van der Waals surface area contributed by atoms with Crippen LogP contribution in [0.1, 0.15) is 5.56 Å². The van der Waals surface area contributed by atoms with Gasteiger partial charge in [0.05, 0.1) is 6.54 Å². The van der Waals surface area contributed by atoms with Crippen LogP contribution in [0.2, 0.25) is 5.02 Å². The van der Waals surface area contributed by atoms with E-state index in [9.17, 15) is 4.79 Å². The van der Waals surface area contributed by atoms with E-state index in [4.69, 9.17) is 11.6 Å². The highest BCUT2D eigenvalue weighted by atomic mass is 35.5. The Morgan fingerprint density at radius 3 is 2.40 bits per heavy atom. The fourth-order valence-corrected chi connectivity index (χ4v) is 5.09. The van der Waals surface area contributed by atoms with Gasteiger partial charge in [-0.2, -0.15) is 11.8 Å². The Hall–Kier alpha value is -1.73. The Morgan fingerprint density at radius 2 is 1.67 bits per heavy atom. The van der Waals surface area contributed by atoms with Crippen LogP contribution >= 0.6 is 23.4 Å². The van der Waals surface area contributed by atoms with Crippen LogP contribution in [0.25, 0.3) is 0 Å². The minimum Gasteiger partial charge on any atom is -0.369 e. The molecule has 1 amide bonds. The second-order valence-electron chi connectivity index (χ2n) is 7.88. The van der Waals surface area contributed by atoms with Crippen LogP contribution in [-0.2, 0) is 11.3 Å². The van der Waals surface area contributed by atoms with Crippen LogP contribution in [0.3, 0.4) is 0 Å². The van der Waals surface area contributed by atoms with Crippen molar-refractivity contribution in [3.63, 3.8) is 0 Å². The lowest BCUT2D eigenvalue weighted by Crippen LogP contribution is -2.48. The summed E-state index contributed by atoms with van der Waals surface area (Å²) in [7, 11) is 0. The summed E-state index contributed by atoms with van der Waals surface area (Å²) < 4.78 is 0. The maximum Gasteiger partial charge on any atom is 0.238 e. The quantitative estimate of drug-likeness (QED) is 0.736. The summed E-state index contributed by atoms with van der Waals surface area (Å²) in [5.41, 5.74) is 3.34. The summed E-state index contributed by atoms with van der Waals surface area (Å²) in [5, 5.41) is 3.84. The number of piperazine rings is 1. The highest BCUT2D eigenvalue weighted by molar-refractivity contribution is 7.99. The van der Waals surface area contributed by atoms with Crippen LogP contribution in [-0.4, -0.2) is 73.0 Å². The fourth-order valence-electron chi connectivity index (χ4n) is 3.98. The molecule has 0 radical (unpaired) electrons. The number of nitrogens with zero attached hydrogens (tertiary/aromatic N) is 3. The lowest BCUT2D eigenvalue weighted by Gasteiger charge is -2.35. The molecule has 2 saturated heterocycles. The van der Waals surface area contributed by atoms with E-state index in [-0.39, 0.29) is 5.91 Å². The first-order valence-electron chi connectivity index (χ1n) is 10.6. The Morgan fingerprint density at radius 1 is 0.933 bits per heavy atom. The van der Waals surface area contributed by atoms with Crippen molar-refractivity contribution in [2.24, 2.45) is 0 Å². The minimum atomic E-state index is 0.0569. The lowest BCUT2D eigenvalue weighted by molar-refractivity contribution is -0.117. The van der Waals surface area contributed by atoms with Crippen molar-refractivity contribution in [3.8, 4) is 0 Å². The molecule has 1 N–H and O–H groups in total. The molecule has 2 aliphatic heterocycles. The second-order valence-corrected chi connectivity index (χ2v) is 9.54. The molecule has 30 heavy (non-hydrogen) atoms. The Kier molecular flexibility index (Phi) is 7.55. The van der Waals surface area contributed by atoms with Crippen molar-refractivity contribution in [2.75, 3.05) is 67.5 Å². The zero-order valence-electron chi connectivity index (χ0n) is 17.2. The molecule has 0 spiro atoms. The third kappa shape index (κ3) is 6.14. The van der Waals surface area contributed by atoms with Crippen LogP contribution in [0, 0.1) is 0 Å². The van der Waals surface area contributed by atoms with Gasteiger partial charge in [0.15, 0.2) is 0 Å². The van der Waals surface area contributed by atoms with Gasteiger partial charge in [-0.3, -0.25) is 14.6 Å². The minimum absolute atomic E-state index is 0.0569. The molecule has 5 nitrogen and oxygen atoms in total. The van der Waals surface area contributed by atoms with Gasteiger partial charge >= 0.3 is 0 Å². The Labute approximate surface area is 188 Å². The molecule has 7 heteroatoms. The van der Waals surface area contributed by atoms with Crippen molar-refractivity contribution in [2.45, 2.75) is 6.54 Å². The monoisotopic (exact) mass is 444 g/mol. The van der Waals surface area contributed by atoms with Crippen LogP contribution in [0.4, 0.5) is 11.4 Å². The number of anilines is 2. The van der Waals surface area contributed by atoms with Gasteiger partial charge in [0.25, 0.3) is 0 Å². The number of carbonyl (C=O) groups excluding carboxylic acids is 1. The van der Waals surface area contributed by atoms with E-state index in [1.54, 1.807) is 0 Å². The van der Waals surface area contributed by atoms with E-state index in [2.05, 4.69) is 44.3 Å². The molecule has 2 fully saturated rings.